The minimum Gasteiger partial charge on any atom is -0.355 e. The van der Waals surface area contributed by atoms with Gasteiger partial charge in [-0.15, -0.1) is 0 Å². The number of hydrogen-bond donors (Lipinski definition) is 2. The third-order valence-corrected chi connectivity index (χ3v) is 4.40. The molecule has 0 saturated carbocycles. The van der Waals surface area contributed by atoms with Crippen molar-refractivity contribution in [2.75, 3.05) is 18.0 Å². The summed E-state index contributed by atoms with van der Waals surface area (Å²) in [5.41, 5.74) is 1.97. The number of carbonyl (C=O) groups excluding carboxylic acids is 2. The molecule has 0 spiro atoms. The van der Waals surface area contributed by atoms with E-state index in [0.717, 1.165) is 37.4 Å². The van der Waals surface area contributed by atoms with Gasteiger partial charge in [0.1, 0.15) is 0 Å². The second-order valence-corrected chi connectivity index (χ2v) is 6.25. The van der Waals surface area contributed by atoms with Crippen LogP contribution in [0.1, 0.15) is 46.2 Å². The first kappa shape index (κ1) is 16.2. The molecular formula is C18H22N4O2. The summed E-state index contributed by atoms with van der Waals surface area (Å²) in [6, 6.07) is 9.10. The fourth-order valence-corrected chi connectivity index (χ4v) is 3.07. The predicted octanol–water partition coefficient (Wildman–Crippen LogP) is 2.32. The number of aryl methyl sites for hydroxylation is 1. The molecule has 1 aliphatic heterocycles. The Kier molecular flexibility index (Phi) is 4.64. The van der Waals surface area contributed by atoms with Crippen LogP contribution in [-0.4, -0.2) is 41.0 Å². The third kappa shape index (κ3) is 3.48. The number of piperidine rings is 1. The van der Waals surface area contributed by atoms with Gasteiger partial charge in [-0.05, 0) is 32.8 Å². The van der Waals surface area contributed by atoms with E-state index in [9.17, 15) is 9.59 Å². The number of hydrogen-bond acceptors (Lipinski definition) is 4. The molecular weight excluding hydrogens is 304 g/mol. The lowest BCUT2D eigenvalue weighted by Gasteiger charge is -2.32. The summed E-state index contributed by atoms with van der Waals surface area (Å²) in [6.45, 7) is 5.17. The van der Waals surface area contributed by atoms with Crippen LogP contribution in [-0.2, 0) is 0 Å². The molecule has 0 radical (unpaired) electrons. The predicted molar refractivity (Wildman–Crippen MR) is 92.5 cm³/mol. The van der Waals surface area contributed by atoms with Crippen molar-refractivity contribution in [1.82, 2.24) is 15.5 Å². The molecule has 0 bridgehead atoms. The Labute approximate surface area is 141 Å². The molecule has 2 N–H and O–H groups in total. The summed E-state index contributed by atoms with van der Waals surface area (Å²) in [7, 11) is 0. The van der Waals surface area contributed by atoms with E-state index in [1.54, 1.807) is 24.3 Å². The molecule has 2 heterocycles. The van der Waals surface area contributed by atoms with Crippen molar-refractivity contribution >= 4 is 17.5 Å². The van der Waals surface area contributed by atoms with Crippen molar-refractivity contribution in [3.05, 3.63) is 47.2 Å². The number of nitrogens with one attached hydrogen (secondary N) is 2. The zero-order valence-electron chi connectivity index (χ0n) is 14.0. The maximum absolute atomic E-state index is 12.5. The monoisotopic (exact) mass is 326 g/mol. The molecule has 1 aromatic heterocycles. The summed E-state index contributed by atoms with van der Waals surface area (Å²) in [5.74, 6) is 0.693. The summed E-state index contributed by atoms with van der Waals surface area (Å²) < 4.78 is 0. The summed E-state index contributed by atoms with van der Waals surface area (Å²) >= 11 is 0. The third-order valence-electron chi connectivity index (χ3n) is 4.40. The second kappa shape index (κ2) is 6.86. The molecule has 1 aliphatic rings. The van der Waals surface area contributed by atoms with Crippen molar-refractivity contribution in [1.29, 1.82) is 0 Å². The normalized spacial score (nSPS) is 15.3. The summed E-state index contributed by atoms with van der Waals surface area (Å²) in [4.78, 5) is 26.4. The highest BCUT2D eigenvalue weighted by Crippen LogP contribution is 2.19. The number of aromatic amines is 1. The molecule has 0 aliphatic carbocycles. The van der Waals surface area contributed by atoms with Gasteiger partial charge in [0.25, 0.3) is 5.91 Å². The Balaban J connectivity index is 1.60. The molecule has 1 saturated heterocycles. The number of carbonyl (C=O) groups is 2. The van der Waals surface area contributed by atoms with Crippen molar-refractivity contribution < 1.29 is 9.59 Å². The van der Waals surface area contributed by atoms with Gasteiger partial charge in [0, 0.05) is 36.5 Å². The first-order valence-corrected chi connectivity index (χ1v) is 8.22. The number of rotatable bonds is 4. The van der Waals surface area contributed by atoms with Crippen LogP contribution in [0.15, 0.2) is 30.3 Å². The molecule has 6 heteroatoms. The van der Waals surface area contributed by atoms with E-state index < -0.39 is 0 Å². The number of Topliss-reactive ketones (excluding diaryl/α,β-unsaturated/α-hetero) is 1. The summed E-state index contributed by atoms with van der Waals surface area (Å²) in [6.07, 6.45) is 1.72. The Hall–Kier alpha value is -2.63. The number of ketones is 1. The molecule has 1 aromatic carbocycles. The lowest BCUT2D eigenvalue weighted by Crippen LogP contribution is -2.45. The number of aromatic nitrogens is 2. The van der Waals surface area contributed by atoms with Gasteiger partial charge >= 0.3 is 0 Å². The number of nitrogens with zero attached hydrogens (tertiary/aromatic N) is 2. The SMILES string of the molecule is CC(=O)c1ccccc1C(=O)NC1CCN(c2cc(C)[nH]n2)CC1. The fourth-order valence-electron chi connectivity index (χ4n) is 3.07. The molecule has 0 unspecified atom stereocenters. The van der Waals surface area contributed by atoms with Gasteiger partial charge < -0.3 is 10.2 Å². The van der Waals surface area contributed by atoms with Crippen LogP contribution in [0.3, 0.4) is 0 Å². The quantitative estimate of drug-likeness (QED) is 0.845. The maximum atomic E-state index is 12.5. The molecule has 1 amide bonds. The van der Waals surface area contributed by atoms with Gasteiger partial charge in [-0.1, -0.05) is 18.2 Å². The second-order valence-electron chi connectivity index (χ2n) is 6.25. The topological polar surface area (TPSA) is 78.1 Å². The van der Waals surface area contributed by atoms with Gasteiger partial charge in [0.2, 0.25) is 0 Å². The van der Waals surface area contributed by atoms with Crippen molar-refractivity contribution in [3.63, 3.8) is 0 Å². The largest absolute Gasteiger partial charge is 0.355 e. The fraction of sp³-hybridized carbons (Fsp3) is 0.389. The van der Waals surface area contributed by atoms with Gasteiger partial charge in [-0.3, -0.25) is 14.7 Å². The molecule has 0 atom stereocenters. The molecule has 2 aromatic rings. The van der Waals surface area contributed by atoms with E-state index >= 15 is 0 Å². The highest BCUT2D eigenvalue weighted by Gasteiger charge is 2.23. The average molecular weight is 326 g/mol. The van der Waals surface area contributed by atoms with Crippen LogP contribution in [0.4, 0.5) is 5.82 Å². The number of amides is 1. The van der Waals surface area contributed by atoms with Crippen LogP contribution in [0.5, 0.6) is 0 Å². The van der Waals surface area contributed by atoms with Crippen LogP contribution >= 0.6 is 0 Å². The number of anilines is 1. The Morgan fingerprint density at radius 2 is 1.88 bits per heavy atom. The van der Waals surface area contributed by atoms with E-state index in [4.69, 9.17) is 0 Å². The Morgan fingerprint density at radius 1 is 1.21 bits per heavy atom. The van der Waals surface area contributed by atoms with Crippen molar-refractivity contribution in [2.24, 2.45) is 0 Å². The van der Waals surface area contributed by atoms with Gasteiger partial charge in [-0.25, -0.2) is 0 Å². The van der Waals surface area contributed by atoms with Crippen LogP contribution < -0.4 is 10.2 Å². The highest BCUT2D eigenvalue weighted by molar-refractivity contribution is 6.07. The minimum absolute atomic E-state index is 0.0931. The molecule has 3 rings (SSSR count). The van der Waals surface area contributed by atoms with E-state index in [2.05, 4.69) is 20.4 Å². The zero-order chi connectivity index (χ0) is 17.1. The van der Waals surface area contributed by atoms with Crippen LogP contribution in [0.2, 0.25) is 0 Å². The van der Waals surface area contributed by atoms with Gasteiger partial charge in [-0.2, -0.15) is 5.10 Å². The Bertz CT molecular complexity index is 745. The average Bonchev–Trinajstić information content (AvgIpc) is 3.02. The van der Waals surface area contributed by atoms with Crippen LogP contribution in [0, 0.1) is 6.92 Å². The van der Waals surface area contributed by atoms with Gasteiger partial charge in [0.05, 0.1) is 5.56 Å². The lowest BCUT2D eigenvalue weighted by atomic mass is 10.0. The van der Waals surface area contributed by atoms with Crippen molar-refractivity contribution in [3.8, 4) is 0 Å². The Morgan fingerprint density at radius 3 is 2.46 bits per heavy atom. The van der Waals surface area contributed by atoms with Gasteiger partial charge in [0.15, 0.2) is 11.6 Å². The summed E-state index contributed by atoms with van der Waals surface area (Å²) in [5, 5.41) is 10.3. The van der Waals surface area contributed by atoms with E-state index in [1.165, 1.54) is 6.92 Å². The highest BCUT2D eigenvalue weighted by atomic mass is 16.2. The van der Waals surface area contributed by atoms with Crippen molar-refractivity contribution in [2.45, 2.75) is 32.7 Å². The molecule has 1 fully saturated rings. The number of benzene rings is 1. The lowest BCUT2D eigenvalue weighted by molar-refractivity contribution is 0.0919. The standard InChI is InChI=1S/C18H22N4O2/c1-12-11-17(21-20-12)22-9-7-14(8-10-22)19-18(24)16-6-4-3-5-15(16)13(2)23/h3-6,11,14H,7-10H2,1-2H3,(H,19,24)(H,20,21). The zero-order valence-corrected chi connectivity index (χ0v) is 14.0. The van der Waals surface area contributed by atoms with E-state index in [0.29, 0.717) is 11.1 Å². The molecule has 24 heavy (non-hydrogen) atoms. The van der Waals surface area contributed by atoms with Crippen LogP contribution in [0.25, 0.3) is 0 Å². The minimum atomic E-state index is -0.171. The first-order chi connectivity index (χ1) is 11.5. The van der Waals surface area contributed by atoms with E-state index in [1.807, 2.05) is 13.0 Å². The smallest absolute Gasteiger partial charge is 0.252 e. The molecule has 126 valence electrons. The molecule has 6 nitrogen and oxygen atoms in total. The first-order valence-electron chi connectivity index (χ1n) is 8.22. The number of H-pyrrole nitrogens is 1. The van der Waals surface area contributed by atoms with E-state index in [-0.39, 0.29) is 17.7 Å². The maximum Gasteiger partial charge on any atom is 0.252 e.